The minimum absolute atomic E-state index is 0.639. The Bertz CT molecular complexity index is 416. The number of benzene rings is 1. The van der Waals surface area contributed by atoms with Crippen LogP contribution in [0.2, 0.25) is 0 Å². The molecule has 2 fully saturated rings. The summed E-state index contributed by atoms with van der Waals surface area (Å²) in [5.74, 6) is 0. The van der Waals surface area contributed by atoms with Gasteiger partial charge in [0.1, 0.15) is 0 Å². The van der Waals surface area contributed by atoms with Crippen molar-refractivity contribution in [3.05, 3.63) is 28.2 Å². The lowest BCUT2D eigenvalue weighted by molar-refractivity contribution is 0.126. The van der Waals surface area contributed by atoms with E-state index in [1.807, 2.05) is 0 Å². The third-order valence-corrected chi connectivity index (χ3v) is 4.82. The van der Waals surface area contributed by atoms with Gasteiger partial charge in [-0.25, -0.2) is 0 Å². The maximum absolute atomic E-state index is 3.53. The van der Waals surface area contributed by atoms with Crippen LogP contribution in [0.4, 0.5) is 5.69 Å². The highest BCUT2D eigenvalue weighted by atomic mass is 79.9. The summed E-state index contributed by atoms with van der Waals surface area (Å²) < 4.78 is 1.18. The SMILES string of the molecule is Cc1cc(Br)ccc1N1CCC2(CC1)CNC2. The summed E-state index contributed by atoms with van der Waals surface area (Å²) in [7, 11) is 0. The van der Waals surface area contributed by atoms with Crippen LogP contribution in [-0.4, -0.2) is 26.2 Å². The van der Waals surface area contributed by atoms with Crippen LogP contribution in [0.25, 0.3) is 0 Å². The average Bonchev–Trinajstić information content (AvgIpc) is 2.27. The molecule has 0 amide bonds. The van der Waals surface area contributed by atoms with Gasteiger partial charge < -0.3 is 10.2 Å². The number of anilines is 1. The Labute approximate surface area is 112 Å². The lowest BCUT2D eigenvalue weighted by Gasteiger charge is -2.49. The molecule has 2 aliphatic heterocycles. The van der Waals surface area contributed by atoms with Gasteiger partial charge in [-0.3, -0.25) is 0 Å². The molecule has 0 saturated carbocycles. The van der Waals surface area contributed by atoms with E-state index in [0.29, 0.717) is 5.41 Å². The van der Waals surface area contributed by atoms with Gasteiger partial charge in [0.15, 0.2) is 0 Å². The number of rotatable bonds is 1. The minimum Gasteiger partial charge on any atom is -0.371 e. The van der Waals surface area contributed by atoms with E-state index in [4.69, 9.17) is 0 Å². The van der Waals surface area contributed by atoms with Crippen LogP contribution in [0, 0.1) is 12.3 Å². The largest absolute Gasteiger partial charge is 0.371 e. The fourth-order valence-electron chi connectivity index (χ4n) is 3.03. The molecule has 0 aromatic heterocycles. The van der Waals surface area contributed by atoms with E-state index in [9.17, 15) is 0 Å². The molecule has 3 rings (SSSR count). The molecule has 0 atom stereocenters. The van der Waals surface area contributed by atoms with E-state index in [-0.39, 0.29) is 0 Å². The van der Waals surface area contributed by atoms with E-state index in [1.165, 1.54) is 54.7 Å². The molecule has 1 N–H and O–H groups in total. The topological polar surface area (TPSA) is 15.3 Å². The van der Waals surface area contributed by atoms with Crippen molar-refractivity contribution in [1.29, 1.82) is 0 Å². The van der Waals surface area contributed by atoms with Crippen LogP contribution in [0.15, 0.2) is 22.7 Å². The maximum atomic E-state index is 3.53. The van der Waals surface area contributed by atoms with Crippen molar-refractivity contribution in [1.82, 2.24) is 5.32 Å². The minimum atomic E-state index is 0.639. The first kappa shape index (κ1) is 11.5. The van der Waals surface area contributed by atoms with E-state index in [0.717, 1.165) is 0 Å². The highest BCUT2D eigenvalue weighted by Gasteiger charge is 2.39. The van der Waals surface area contributed by atoms with E-state index in [2.05, 4.69) is 51.3 Å². The summed E-state index contributed by atoms with van der Waals surface area (Å²) in [6, 6.07) is 6.61. The number of halogens is 1. The van der Waals surface area contributed by atoms with Crippen LogP contribution in [0.3, 0.4) is 0 Å². The third kappa shape index (κ3) is 2.11. The van der Waals surface area contributed by atoms with Crippen molar-refractivity contribution in [2.75, 3.05) is 31.1 Å². The van der Waals surface area contributed by atoms with Crippen molar-refractivity contribution < 1.29 is 0 Å². The summed E-state index contributed by atoms with van der Waals surface area (Å²) in [4.78, 5) is 2.55. The van der Waals surface area contributed by atoms with Gasteiger partial charge in [-0.15, -0.1) is 0 Å². The second kappa shape index (κ2) is 4.29. The van der Waals surface area contributed by atoms with Gasteiger partial charge in [0, 0.05) is 36.3 Å². The summed E-state index contributed by atoms with van der Waals surface area (Å²) >= 11 is 3.53. The Morgan fingerprint density at radius 1 is 1.24 bits per heavy atom. The molecule has 17 heavy (non-hydrogen) atoms. The van der Waals surface area contributed by atoms with Gasteiger partial charge in [0.05, 0.1) is 0 Å². The Morgan fingerprint density at radius 3 is 2.47 bits per heavy atom. The Kier molecular flexibility index (Phi) is 2.91. The maximum Gasteiger partial charge on any atom is 0.0396 e. The van der Waals surface area contributed by atoms with Crippen molar-refractivity contribution >= 4 is 21.6 Å². The monoisotopic (exact) mass is 294 g/mol. The zero-order valence-electron chi connectivity index (χ0n) is 10.3. The number of piperidine rings is 1. The standard InChI is InChI=1S/C14H19BrN2/c1-11-8-12(15)2-3-13(11)17-6-4-14(5-7-17)9-16-10-14/h2-3,8,16H,4-7,9-10H2,1H3. The molecule has 0 aliphatic carbocycles. The van der Waals surface area contributed by atoms with Crippen molar-refractivity contribution in [2.45, 2.75) is 19.8 Å². The lowest BCUT2D eigenvalue weighted by atomic mass is 9.73. The van der Waals surface area contributed by atoms with E-state index in [1.54, 1.807) is 0 Å². The molecule has 2 aliphatic rings. The Hall–Kier alpha value is -0.540. The molecule has 0 radical (unpaired) electrons. The zero-order valence-corrected chi connectivity index (χ0v) is 11.9. The molecule has 0 bridgehead atoms. The molecule has 3 heteroatoms. The van der Waals surface area contributed by atoms with Crippen molar-refractivity contribution in [3.8, 4) is 0 Å². The molecule has 2 nitrogen and oxygen atoms in total. The molecule has 2 saturated heterocycles. The molecule has 1 spiro atoms. The summed E-state index contributed by atoms with van der Waals surface area (Å²) in [6.07, 6.45) is 2.69. The number of aryl methyl sites for hydroxylation is 1. The van der Waals surface area contributed by atoms with Gasteiger partial charge >= 0.3 is 0 Å². The predicted molar refractivity (Wildman–Crippen MR) is 75.6 cm³/mol. The lowest BCUT2D eigenvalue weighted by Crippen LogP contribution is -2.58. The molecule has 0 unspecified atom stereocenters. The van der Waals surface area contributed by atoms with Gasteiger partial charge in [-0.05, 0) is 48.9 Å². The molecule has 92 valence electrons. The quantitative estimate of drug-likeness (QED) is 0.857. The van der Waals surface area contributed by atoms with Crippen LogP contribution in [0.1, 0.15) is 18.4 Å². The van der Waals surface area contributed by atoms with Crippen LogP contribution in [-0.2, 0) is 0 Å². The van der Waals surface area contributed by atoms with Gasteiger partial charge in [0.25, 0.3) is 0 Å². The molecule has 1 aromatic rings. The molecular formula is C14H19BrN2. The number of nitrogens with zero attached hydrogens (tertiary/aromatic N) is 1. The summed E-state index contributed by atoms with van der Waals surface area (Å²) in [6.45, 7) is 7.10. The first-order valence-electron chi connectivity index (χ1n) is 6.40. The van der Waals surface area contributed by atoms with E-state index >= 15 is 0 Å². The summed E-state index contributed by atoms with van der Waals surface area (Å²) in [5.41, 5.74) is 3.43. The number of hydrogen-bond donors (Lipinski definition) is 1. The second-order valence-electron chi connectivity index (χ2n) is 5.52. The highest BCUT2D eigenvalue weighted by Crippen LogP contribution is 2.37. The zero-order chi connectivity index (χ0) is 11.9. The highest BCUT2D eigenvalue weighted by molar-refractivity contribution is 9.10. The molecular weight excluding hydrogens is 276 g/mol. The summed E-state index contributed by atoms with van der Waals surface area (Å²) in [5, 5.41) is 3.42. The second-order valence-corrected chi connectivity index (χ2v) is 6.44. The van der Waals surface area contributed by atoms with Crippen LogP contribution < -0.4 is 10.2 Å². The number of hydrogen-bond acceptors (Lipinski definition) is 2. The number of nitrogens with one attached hydrogen (secondary N) is 1. The third-order valence-electron chi connectivity index (χ3n) is 4.32. The predicted octanol–water partition coefficient (Wildman–Crippen LogP) is 2.95. The fourth-order valence-corrected chi connectivity index (χ4v) is 3.50. The smallest absolute Gasteiger partial charge is 0.0396 e. The first-order chi connectivity index (χ1) is 8.19. The molecule has 1 aromatic carbocycles. The van der Waals surface area contributed by atoms with Crippen LogP contribution in [0.5, 0.6) is 0 Å². The normalized spacial score (nSPS) is 22.6. The van der Waals surface area contributed by atoms with Crippen molar-refractivity contribution in [2.24, 2.45) is 5.41 Å². The van der Waals surface area contributed by atoms with Crippen molar-refractivity contribution in [3.63, 3.8) is 0 Å². The van der Waals surface area contributed by atoms with Gasteiger partial charge in [0.2, 0.25) is 0 Å². The Morgan fingerprint density at radius 2 is 1.94 bits per heavy atom. The van der Waals surface area contributed by atoms with Gasteiger partial charge in [-0.2, -0.15) is 0 Å². The Balaban J connectivity index is 1.73. The van der Waals surface area contributed by atoms with E-state index < -0.39 is 0 Å². The van der Waals surface area contributed by atoms with Crippen LogP contribution >= 0.6 is 15.9 Å². The average molecular weight is 295 g/mol. The molecule has 2 heterocycles. The fraction of sp³-hybridized carbons (Fsp3) is 0.571. The van der Waals surface area contributed by atoms with Gasteiger partial charge in [-0.1, -0.05) is 15.9 Å². The first-order valence-corrected chi connectivity index (χ1v) is 7.20.